The summed E-state index contributed by atoms with van der Waals surface area (Å²) in [5.74, 6) is -0.825. The van der Waals surface area contributed by atoms with Gasteiger partial charge in [-0.05, 0) is 133 Å². The summed E-state index contributed by atoms with van der Waals surface area (Å²) in [5.41, 5.74) is 13.3. The molecule has 2 atom stereocenters. The Kier molecular flexibility index (Phi) is 12.0. The van der Waals surface area contributed by atoms with Crippen LogP contribution in [0.2, 0.25) is 0 Å². The van der Waals surface area contributed by atoms with Gasteiger partial charge in [-0.1, -0.05) is 157 Å². The van der Waals surface area contributed by atoms with Crippen molar-refractivity contribution in [2.45, 2.75) is 88.7 Å². The van der Waals surface area contributed by atoms with Crippen molar-refractivity contribution in [2.24, 2.45) is 0 Å². The maximum absolute atomic E-state index is 13.6. The van der Waals surface area contributed by atoms with Gasteiger partial charge in [0.15, 0.2) is 11.2 Å². The maximum Gasteiger partial charge on any atom is 0.340 e. The minimum atomic E-state index is -3.75. The van der Waals surface area contributed by atoms with Gasteiger partial charge in [-0.15, -0.1) is 0 Å². The topological polar surface area (TPSA) is 127 Å². The van der Waals surface area contributed by atoms with Crippen molar-refractivity contribution in [1.82, 2.24) is 8.61 Å². The number of fused-ring (bicyclic) bond motifs is 6. The predicted molar refractivity (Wildman–Crippen MR) is 285 cm³/mol. The lowest BCUT2D eigenvalue weighted by molar-refractivity contribution is 0.0171. The van der Waals surface area contributed by atoms with Gasteiger partial charge in [0, 0.05) is 37.3 Å². The number of ether oxygens (including phenoxy) is 2. The van der Waals surface area contributed by atoms with Crippen molar-refractivity contribution < 1.29 is 35.9 Å². The standard InChI is InChI=1S/2C31H27NO4S/c2*1-20-14-16-24(17-15-20)37(34,35)32-18-25-21(2)27(22-10-6-4-7-11-22)29-28(26(25)19-32)30(33)36-31(29,3)23-12-8-5-9-13-23/h2*4-17H,18-19H2,1-3H3/t2*31-/m11/s1. The van der Waals surface area contributed by atoms with E-state index >= 15 is 0 Å². The SMILES string of the molecule is Cc1ccc(S(=O)(=O)N2Cc3c(C)c(-c4ccccc4)c4c(c3C2)C(=O)O[C@]4(C)c2ccccc2)cc1.Cc1ccc(S(=O)(=O)N2Cc3c(C)c(-c4ccccc4)c4c(c3C2)C(=O)O[C@]4(C)c2ccccc2)cc1. The van der Waals surface area contributed by atoms with E-state index in [-0.39, 0.29) is 36.0 Å². The van der Waals surface area contributed by atoms with Crippen LogP contribution >= 0.6 is 0 Å². The molecule has 0 saturated carbocycles. The van der Waals surface area contributed by atoms with Crippen LogP contribution in [0, 0.1) is 27.7 Å². The van der Waals surface area contributed by atoms with Crippen LogP contribution in [0.4, 0.5) is 0 Å². The van der Waals surface area contributed by atoms with Crippen LogP contribution in [0.25, 0.3) is 22.3 Å². The van der Waals surface area contributed by atoms with Gasteiger partial charge in [-0.25, -0.2) is 26.4 Å². The number of esters is 2. The zero-order valence-corrected chi connectivity index (χ0v) is 43.6. The minimum absolute atomic E-state index is 0.129. The predicted octanol–water partition coefficient (Wildman–Crippen LogP) is 12.2. The molecule has 0 fully saturated rings. The Hall–Kier alpha value is -7.48. The average Bonchev–Trinajstić information content (AvgIpc) is 4.20. The first kappa shape index (κ1) is 48.8. The van der Waals surface area contributed by atoms with E-state index in [4.69, 9.17) is 9.47 Å². The molecule has 8 aromatic carbocycles. The monoisotopic (exact) mass is 1020 g/mol. The summed E-state index contributed by atoms with van der Waals surface area (Å²) in [6.07, 6.45) is 0. The van der Waals surface area contributed by atoms with Crippen LogP contribution in [0.5, 0.6) is 0 Å². The van der Waals surface area contributed by atoms with E-state index in [0.29, 0.717) is 11.1 Å². The van der Waals surface area contributed by atoms with Crippen LogP contribution in [0.1, 0.15) is 101 Å². The second-order valence-corrected chi connectivity index (χ2v) is 23.8. The van der Waals surface area contributed by atoms with E-state index in [0.717, 1.165) is 89.0 Å². The summed E-state index contributed by atoms with van der Waals surface area (Å²) in [6.45, 7) is 12.4. The van der Waals surface area contributed by atoms with Gasteiger partial charge in [-0.2, -0.15) is 8.61 Å². The molecule has 10 nitrogen and oxygen atoms in total. The molecule has 12 rings (SSSR count). The molecule has 0 aliphatic carbocycles. The molecule has 372 valence electrons. The number of hydrogen-bond acceptors (Lipinski definition) is 8. The molecule has 8 aromatic rings. The fourth-order valence-electron chi connectivity index (χ4n) is 11.5. The summed E-state index contributed by atoms with van der Waals surface area (Å²) in [5, 5.41) is 0. The normalized spacial score (nSPS) is 18.9. The van der Waals surface area contributed by atoms with Gasteiger partial charge in [0.05, 0.1) is 20.9 Å². The smallest absolute Gasteiger partial charge is 0.340 e. The summed E-state index contributed by atoms with van der Waals surface area (Å²) < 4.78 is 69.7. The Balaban J connectivity index is 0.000000159. The number of rotatable bonds is 8. The van der Waals surface area contributed by atoms with Crippen molar-refractivity contribution in [2.75, 3.05) is 0 Å². The Labute approximate surface area is 433 Å². The molecule has 0 saturated heterocycles. The van der Waals surface area contributed by atoms with E-state index in [2.05, 4.69) is 0 Å². The number of carbonyl (C=O) groups is 2. The van der Waals surface area contributed by atoms with Crippen molar-refractivity contribution >= 4 is 32.0 Å². The Bertz CT molecular complexity index is 3540. The molecule has 4 aliphatic rings. The largest absolute Gasteiger partial charge is 0.446 e. The van der Waals surface area contributed by atoms with Crippen molar-refractivity contribution in [3.8, 4) is 22.3 Å². The Morgan fingerprint density at radius 1 is 0.392 bits per heavy atom. The number of aryl methyl sites for hydroxylation is 2. The van der Waals surface area contributed by atoms with Crippen LogP contribution in [-0.4, -0.2) is 37.4 Å². The van der Waals surface area contributed by atoms with E-state index in [1.807, 2.05) is 163 Å². The zero-order valence-electron chi connectivity index (χ0n) is 42.0. The minimum Gasteiger partial charge on any atom is -0.446 e. The highest BCUT2D eigenvalue weighted by molar-refractivity contribution is 7.89. The number of carbonyl (C=O) groups excluding carboxylic acids is 2. The van der Waals surface area contributed by atoms with Crippen molar-refractivity contribution in [1.29, 1.82) is 0 Å². The molecule has 0 spiro atoms. The van der Waals surface area contributed by atoms with Gasteiger partial charge in [-0.3, -0.25) is 0 Å². The first-order chi connectivity index (χ1) is 35.4. The molecule has 4 aliphatic heterocycles. The molecule has 0 bridgehead atoms. The fourth-order valence-corrected chi connectivity index (χ4v) is 14.2. The first-order valence-corrected chi connectivity index (χ1v) is 27.5. The number of cyclic esters (lactones) is 2. The highest BCUT2D eigenvalue weighted by Gasteiger charge is 2.51. The molecule has 4 heterocycles. The van der Waals surface area contributed by atoms with Gasteiger partial charge >= 0.3 is 11.9 Å². The van der Waals surface area contributed by atoms with Crippen molar-refractivity contribution in [3.63, 3.8) is 0 Å². The van der Waals surface area contributed by atoms with E-state index in [1.54, 1.807) is 48.5 Å². The quantitative estimate of drug-likeness (QED) is 0.138. The van der Waals surface area contributed by atoms with Gasteiger partial charge in [0.2, 0.25) is 20.0 Å². The van der Waals surface area contributed by atoms with Crippen LogP contribution in [0.3, 0.4) is 0 Å². The molecule has 0 radical (unpaired) electrons. The van der Waals surface area contributed by atoms with Gasteiger partial charge in [0.1, 0.15) is 0 Å². The summed E-state index contributed by atoms with van der Waals surface area (Å²) in [6, 6.07) is 53.2. The molecule has 0 unspecified atom stereocenters. The Morgan fingerprint density at radius 2 is 0.689 bits per heavy atom. The number of benzene rings is 8. The highest BCUT2D eigenvalue weighted by Crippen LogP contribution is 2.54. The third kappa shape index (κ3) is 7.81. The lowest BCUT2D eigenvalue weighted by Gasteiger charge is -2.28. The van der Waals surface area contributed by atoms with E-state index < -0.39 is 43.2 Å². The fraction of sp³-hybridized carbons (Fsp3) is 0.194. The summed E-state index contributed by atoms with van der Waals surface area (Å²) in [7, 11) is -7.50. The highest BCUT2D eigenvalue weighted by atomic mass is 32.2. The van der Waals surface area contributed by atoms with Crippen LogP contribution in [-0.2, 0) is 66.9 Å². The molecule has 0 amide bonds. The second kappa shape index (κ2) is 18.2. The second-order valence-electron chi connectivity index (χ2n) is 19.9. The van der Waals surface area contributed by atoms with Crippen molar-refractivity contribution in [3.05, 3.63) is 248 Å². The molecule has 12 heteroatoms. The summed E-state index contributed by atoms with van der Waals surface area (Å²) in [4.78, 5) is 27.7. The van der Waals surface area contributed by atoms with E-state index in [1.165, 1.54) is 8.61 Å². The zero-order chi connectivity index (χ0) is 51.9. The molecule has 0 N–H and O–H groups in total. The van der Waals surface area contributed by atoms with Gasteiger partial charge < -0.3 is 9.47 Å². The first-order valence-electron chi connectivity index (χ1n) is 24.6. The maximum atomic E-state index is 13.6. The van der Waals surface area contributed by atoms with Crippen LogP contribution in [0.15, 0.2) is 180 Å². The van der Waals surface area contributed by atoms with Crippen LogP contribution < -0.4 is 0 Å². The lowest BCUT2D eigenvalue weighted by Crippen LogP contribution is -2.25. The molecule has 0 aromatic heterocycles. The number of hydrogen-bond donors (Lipinski definition) is 0. The Morgan fingerprint density at radius 3 is 1.01 bits per heavy atom. The number of sulfonamides is 2. The number of nitrogens with zero attached hydrogens (tertiary/aromatic N) is 2. The third-order valence-electron chi connectivity index (χ3n) is 15.4. The average molecular weight is 1020 g/mol. The summed E-state index contributed by atoms with van der Waals surface area (Å²) >= 11 is 0. The molecular formula is C62H54N2O8S2. The lowest BCUT2D eigenvalue weighted by atomic mass is 9.77. The molecular weight excluding hydrogens is 965 g/mol. The molecule has 74 heavy (non-hydrogen) atoms. The van der Waals surface area contributed by atoms with E-state index in [9.17, 15) is 26.4 Å². The van der Waals surface area contributed by atoms with Gasteiger partial charge in [0.25, 0.3) is 0 Å². The third-order valence-corrected chi connectivity index (χ3v) is 19.0.